The molecule has 102 valence electrons. The Morgan fingerprint density at radius 3 is 2.95 bits per heavy atom. The van der Waals surface area contributed by atoms with Gasteiger partial charge in [-0.3, -0.25) is 4.79 Å². The minimum Gasteiger partial charge on any atom is -0.493 e. The van der Waals surface area contributed by atoms with Crippen LogP contribution in [0.2, 0.25) is 0 Å². The van der Waals surface area contributed by atoms with Crippen LogP contribution in [0.1, 0.15) is 15.9 Å². The summed E-state index contributed by atoms with van der Waals surface area (Å²) in [5, 5.41) is 2.51. The van der Waals surface area contributed by atoms with Crippen LogP contribution in [0.15, 0.2) is 36.4 Å². The maximum atomic E-state index is 13.6. The lowest BCUT2D eigenvalue weighted by Gasteiger charge is -2.09. The number of hydrogen-bond acceptors (Lipinski definition) is 3. The lowest BCUT2D eigenvalue weighted by molar-refractivity contribution is 0.102. The highest BCUT2D eigenvalue weighted by Crippen LogP contribution is 2.27. The molecule has 3 N–H and O–H groups in total. The number of carbonyl (C=O) groups is 1. The van der Waals surface area contributed by atoms with Gasteiger partial charge < -0.3 is 15.8 Å². The Morgan fingerprint density at radius 1 is 1.30 bits per heavy atom. The van der Waals surface area contributed by atoms with Gasteiger partial charge in [0.1, 0.15) is 17.3 Å². The topological polar surface area (TPSA) is 64.3 Å². The van der Waals surface area contributed by atoms with Gasteiger partial charge in [0.15, 0.2) is 0 Å². The Labute approximate surface area is 115 Å². The summed E-state index contributed by atoms with van der Waals surface area (Å²) in [6.45, 7) is 0.626. The molecule has 0 aliphatic carbocycles. The van der Waals surface area contributed by atoms with E-state index >= 15 is 0 Å². The Morgan fingerprint density at radius 2 is 2.15 bits per heavy atom. The molecule has 0 spiro atoms. The first-order valence-corrected chi connectivity index (χ1v) is 6.26. The quantitative estimate of drug-likeness (QED) is 0.826. The van der Waals surface area contributed by atoms with E-state index in [0.717, 1.165) is 17.7 Å². The van der Waals surface area contributed by atoms with E-state index in [9.17, 15) is 9.18 Å². The largest absolute Gasteiger partial charge is 0.493 e. The van der Waals surface area contributed by atoms with Crippen molar-refractivity contribution in [1.82, 2.24) is 0 Å². The summed E-state index contributed by atoms with van der Waals surface area (Å²) in [7, 11) is 0. The van der Waals surface area contributed by atoms with Gasteiger partial charge in [-0.2, -0.15) is 0 Å². The molecule has 0 fully saturated rings. The Hall–Kier alpha value is -2.56. The molecular formula is C15H13FN2O2. The fourth-order valence-corrected chi connectivity index (χ4v) is 2.19. The number of anilines is 2. The summed E-state index contributed by atoms with van der Waals surface area (Å²) in [5.41, 5.74) is 7.31. The number of hydrogen-bond donors (Lipinski definition) is 2. The number of carbonyl (C=O) groups excluding carboxylic acids is 1. The number of amides is 1. The summed E-state index contributed by atoms with van der Waals surface area (Å²) in [6.07, 6.45) is 0.776. The highest BCUT2D eigenvalue weighted by Gasteiger charge is 2.16. The van der Waals surface area contributed by atoms with Crippen LogP contribution in [0.5, 0.6) is 5.75 Å². The van der Waals surface area contributed by atoms with Crippen LogP contribution in [-0.2, 0) is 6.42 Å². The number of rotatable bonds is 2. The van der Waals surface area contributed by atoms with Crippen molar-refractivity contribution in [1.29, 1.82) is 0 Å². The molecule has 0 atom stereocenters. The van der Waals surface area contributed by atoms with Gasteiger partial charge in [-0.1, -0.05) is 6.07 Å². The molecule has 0 bridgehead atoms. The molecule has 3 rings (SSSR count). The van der Waals surface area contributed by atoms with Crippen molar-refractivity contribution in [3.8, 4) is 5.75 Å². The van der Waals surface area contributed by atoms with E-state index in [-0.39, 0.29) is 11.4 Å². The number of halogens is 1. The second-order valence-electron chi connectivity index (χ2n) is 4.58. The zero-order valence-electron chi connectivity index (χ0n) is 10.7. The molecule has 2 aromatic rings. The highest BCUT2D eigenvalue weighted by molar-refractivity contribution is 6.06. The van der Waals surface area contributed by atoms with Gasteiger partial charge in [0, 0.05) is 12.0 Å². The van der Waals surface area contributed by atoms with E-state index in [4.69, 9.17) is 10.5 Å². The van der Waals surface area contributed by atoms with Crippen molar-refractivity contribution in [3.63, 3.8) is 0 Å². The van der Waals surface area contributed by atoms with Crippen molar-refractivity contribution in [3.05, 3.63) is 53.3 Å². The van der Waals surface area contributed by atoms with E-state index < -0.39 is 11.7 Å². The van der Waals surface area contributed by atoms with Crippen molar-refractivity contribution in [2.75, 3.05) is 17.7 Å². The summed E-state index contributed by atoms with van der Waals surface area (Å²) in [5.74, 6) is -0.147. The number of para-hydroxylation sites is 1. The normalized spacial score (nSPS) is 12.7. The molecule has 20 heavy (non-hydrogen) atoms. The molecule has 1 aliphatic rings. The minimum absolute atomic E-state index is 0.00856. The number of fused-ring (bicyclic) bond motifs is 1. The van der Waals surface area contributed by atoms with Crippen LogP contribution < -0.4 is 15.8 Å². The second kappa shape index (κ2) is 4.85. The number of nitrogen functional groups attached to an aromatic ring is 1. The van der Waals surface area contributed by atoms with Crippen molar-refractivity contribution < 1.29 is 13.9 Å². The molecule has 1 amide bonds. The molecule has 0 aromatic heterocycles. The van der Waals surface area contributed by atoms with Crippen LogP contribution in [0.3, 0.4) is 0 Å². The number of nitrogens with one attached hydrogen (secondary N) is 1. The zero-order valence-corrected chi connectivity index (χ0v) is 10.7. The molecule has 5 heteroatoms. The zero-order chi connectivity index (χ0) is 14.1. The lowest BCUT2D eigenvalue weighted by Crippen LogP contribution is -2.14. The summed E-state index contributed by atoms with van der Waals surface area (Å²) in [4.78, 5) is 12.1. The van der Waals surface area contributed by atoms with E-state index in [0.29, 0.717) is 12.2 Å². The summed E-state index contributed by atoms with van der Waals surface area (Å²) in [6, 6.07) is 9.44. The molecule has 1 aliphatic heterocycles. The molecule has 2 aromatic carbocycles. The predicted molar refractivity (Wildman–Crippen MR) is 74.4 cm³/mol. The van der Waals surface area contributed by atoms with E-state index in [1.165, 1.54) is 18.2 Å². The smallest absolute Gasteiger partial charge is 0.255 e. The maximum Gasteiger partial charge on any atom is 0.255 e. The Balaban J connectivity index is 1.86. The SMILES string of the molecule is Nc1cccc(F)c1NC(=O)c1ccc2c(c1)CCO2. The van der Waals surface area contributed by atoms with Crippen molar-refractivity contribution >= 4 is 17.3 Å². The van der Waals surface area contributed by atoms with Crippen LogP contribution in [0.4, 0.5) is 15.8 Å². The third-order valence-electron chi connectivity index (χ3n) is 3.24. The standard InChI is InChI=1S/C15H13FN2O2/c16-11-2-1-3-12(17)14(11)18-15(19)10-4-5-13-9(8-10)6-7-20-13/h1-5,8H,6-7,17H2,(H,18,19). The summed E-state index contributed by atoms with van der Waals surface area (Å²) >= 11 is 0. The number of nitrogens with two attached hydrogens (primary N) is 1. The summed E-state index contributed by atoms with van der Waals surface area (Å²) < 4.78 is 19.0. The highest BCUT2D eigenvalue weighted by atomic mass is 19.1. The Kier molecular flexibility index (Phi) is 3.02. The molecular weight excluding hydrogens is 259 g/mol. The monoisotopic (exact) mass is 272 g/mol. The minimum atomic E-state index is -0.553. The van der Waals surface area contributed by atoms with Gasteiger partial charge in [-0.15, -0.1) is 0 Å². The van der Waals surface area contributed by atoms with Gasteiger partial charge in [-0.25, -0.2) is 4.39 Å². The van der Waals surface area contributed by atoms with Crippen LogP contribution in [-0.4, -0.2) is 12.5 Å². The number of ether oxygens (including phenoxy) is 1. The first-order chi connectivity index (χ1) is 9.65. The van der Waals surface area contributed by atoms with Gasteiger partial charge >= 0.3 is 0 Å². The fourth-order valence-electron chi connectivity index (χ4n) is 2.19. The van der Waals surface area contributed by atoms with Crippen molar-refractivity contribution in [2.45, 2.75) is 6.42 Å². The van der Waals surface area contributed by atoms with Crippen LogP contribution in [0.25, 0.3) is 0 Å². The Bertz CT molecular complexity index is 665. The van der Waals surface area contributed by atoms with E-state index in [1.54, 1.807) is 18.2 Å². The third kappa shape index (κ3) is 2.18. The number of benzene rings is 2. The molecule has 0 unspecified atom stereocenters. The molecule has 1 heterocycles. The van der Waals surface area contributed by atoms with Gasteiger partial charge in [-0.05, 0) is 35.9 Å². The maximum absolute atomic E-state index is 13.6. The average molecular weight is 272 g/mol. The molecule has 4 nitrogen and oxygen atoms in total. The van der Waals surface area contributed by atoms with Gasteiger partial charge in [0.2, 0.25) is 0 Å². The first kappa shape index (κ1) is 12.5. The van der Waals surface area contributed by atoms with E-state index in [2.05, 4.69) is 5.32 Å². The van der Waals surface area contributed by atoms with Gasteiger partial charge in [0.25, 0.3) is 5.91 Å². The fraction of sp³-hybridized carbons (Fsp3) is 0.133. The third-order valence-corrected chi connectivity index (χ3v) is 3.24. The second-order valence-corrected chi connectivity index (χ2v) is 4.58. The molecule has 0 saturated heterocycles. The van der Waals surface area contributed by atoms with Crippen LogP contribution >= 0.6 is 0 Å². The predicted octanol–water partition coefficient (Wildman–Crippen LogP) is 2.60. The lowest BCUT2D eigenvalue weighted by atomic mass is 10.1. The molecule has 0 radical (unpaired) electrons. The average Bonchev–Trinajstić information content (AvgIpc) is 2.90. The molecule has 0 saturated carbocycles. The van der Waals surface area contributed by atoms with Crippen molar-refractivity contribution in [2.24, 2.45) is 0 Å². The van der Waals surface area contributed by atoms with E-state index in [1.807, 2.05) is 0 Å². The van der Waals surface area contributed by atoms with Crippen LogP contribution in [0, 0.1) is 5.82 Å². The first-order valence-electron chi connectivity index (χ1n) is 6.26. The van der Waals surface area contributed by atoms with Gasteiger partial charge in [0.05, 0.1) is 12.3 Å².